The van der Waals surface area contributed by atoms with E-state index in [9.17, 15) is 19.4 Å². The van der Waals surface area contributed by atoms with Gasteiger partial charge in [0.05, 0.1) is 6.61 Å². The van der Waals surface area contributed by atoms with E-state index in [1.165, 1.54) is 11.1 Å². The third-order valence-corrected chi connectivity index (χ3v) is 7.41. The van der Waals surface area contributed by atoms with E-state index in [0.717, 1.165) is 22.6 Å². The number of carbonyl (C=O) groups excluding carboxylic acids is 1. The van der Waals surface area contributed by atoms with Crippen LogP contribution in [-0.4, -0.2) is 59.8 Å². The van der Waals surface area contributed by atoms with Crippen LogP contribution in [0.3, 0.4) is 0 Å². The standard InChI is InChI=1S/C25H29FO6S/c1-3-14-5-7-15(8-6-14)18-13-33-20-10-9-16(11-17(18)20)24-23(28)22(27)21(26)19(32-24)12-31-25(29)30-4-2/h5-11,18-19,21-24,27-28H,3-4,12-13H2,1-2H3/t18-,19?,21?,22?,23?,24?/m0/s1. The molecule has 178 valence electrons. The van der Waals surface area contributed by atoms with Crippen molar-refractivity contribution in [2.24, 2.45) is 0 Å². The molecule has 8 heteroatoms. The number of aliphatic hydroxyl groups excluding tert-OH is 2. The summed E-state index contributed by atoms with van der Waals surface area (Å²) in [5, 5.41) is 20.9. The molecule has 2 N–H and O–H groups in total. The van der Waals surface area contributed by atoms with Crippen molar-refractivity contribution < 1.29 is 33.6 Å². The molecule has 0 spiro atoms. The van der Waals surface area contributed by atoms with Crippen LogP contribution in [-0.2, 0) is 20.6 Å². The number of hydrogen-bond donors (Lipinski definition) is 2. The number of halogens is 1. The van der Waals surface area contributed by atoms with Crippen molar-refractivity contribution in [1.82, 2.24) is 0 Å². The Labute approximate surface area is 197 Å². The Kier molecular flexibility index (Phi) is 7.58. The summed E-state index contributed by atoms with van der Waals surface area (Å²) in [4.78, 5) is 12.6. The minimum Gasteiger partial charge on any atom is -0.435 e. The van der Waals surface area contributed by atoms with Crippen molar-refractivity contribution in [1.29, 1.82) is 0 Å². The van der Waals surface area contributed by atoms with Crippen LogP contribution in [0.4, 0.5) is 9.18 Å². The third-order valence-electron chi connectivity index (χ3n) is 6.22. The summed E-state index contributed by atoms with van der Waals surface area (Å²) in [5.41, 5.74) is 4.26. The highest BCUT2D eigenvalue weighted by Crippen LogP contribution is 2.45. The van der Waals surface area contributed by atoms with Crippen LogP contribution in [0.25, 0.3) is 0 Å². The van der Waals surface area contributed by atoms with Crippen LogP contribution < -0.4 is 0 Å². The number of aryl methyl sites for hydroxylation is 1. The number of thioether (sulfide) groups is 1. The number of fused-ring (bicyclic) bond motifs is 1. The van der Waals surface area contributed by atoms with E-state index in [4.69, 9.17) is 14.2 Å². The highest BCUT2D eigenvalue weighted by Gasteiger charge is 2.46. The Morgan fingerprint density at radius 3 is 2.52 bits per heavy atom. The first-order valence-corrected chi connectivity index (χ1v) is 12.2. The molecule has 6 nitrogen and oxygen atoms in total. The third kappa shape index (κ3) is 5.04. The van der Waals surface area contributed by atoms with E-state index in [2.05, 4.69) is 31.2 Å². The van der Waals surface area contributed by atoms with E-state index in [1.54, 1.807) is 18.7 Å². The zero-order valence-electron chi connectivity index (χ0n) is 18.6. The average molecular weight is 477 g/mol. The Balaban J connectivity index is 1.55. The summed E-state index contributed by atoms with van der Waals surface area (Å²) in [6.45, 7) is 3.46. The Morgan fingerprint density at radius 2 is 1.82 bits per heavy atom. The fourth-order valence-electron chi connectivity index (χ4n) is 4.32. The lowest BCUT2D eigenvalue weighted by molar-refractivity contribution is -0.215. The Hall–Kier alpha value is -2.13. The van der Waals surface area contributed by atoms with Gasteiger partial charge in [-0.2, -0.15) is 0 Å². The smallest absolute Gasteiger partial charge is 0.435 e. The summed E-state index contributed by atoms with van der Waals surface area (Å²) in [6, 6.07) is 14.4. The van der Waals surface area contributed by atoms with Crippen LogP contribution in [0, 0.1) is 0 Å². The van der Waals surface area contributed by atoms with Gasteiger partial charge in [-0.15, -0.1) is 11.8 Å². The first kappa shape index (κ1) is 24.0. The van der Waals surface area contributed by atoms with Gasteiger partial charge in [0.1, 0.15) is 31.0 Å². The zero-order chi connectivity index (χ0) is 23.5. The quantitative estimate of drug-likeness (QED) is 0.606. The summed E-state index contributed by atoms with van der Waals surface area (Å²) >= 11 is 1.77. The lowest BCUT2D eigenvalue weighted by Gasteiger charge is -2.39. The molecule has 2 heterocycles. The van der Waals surface area contributed by atoms with Crippen LogP contribution in [0.1, 0.15) is 48.1 Å². The SMILES string of the molecule is CCOC(=O)OCC1OC(c2ccc3c(c2)[C@H](c2ccc(CC)cc2)CS3)C(O)C(O)C1F. The number of ether oxygens (including phenoxy) is 3. The molecule has 5 unspecified atom stereocenters. The molecule has 6 atom stereocenters. The summed E-state index contributed by atoms with van der Waals surface area (Å²) in [7, 11) is 0. The highest BCUT2D eigenvalue weighted by atomic mass is 32.2. The van der Waals surface area contributed by atoms with E-state index in [-0.39, 0.29) is 12.5 Å². The highest BCUT2D eigenvalue weighted by molar-refractivity contribution is 7.99. The molecule has 0 amide bonds. The number of alkyl halides is 1. The van der Waals surface area contributed by atoms with Crippen LogP contribution in [0.15, 0.2) is 47.4 Å². The van der Waals surface area contributed by atoms with Gasteiger partial charge in [0.2, 0.25) is 0 Å². The number of hydrogen-bond acceptors (Lipinski definition) is 7. The molecule has 0 aromatic heterocycles. The van der Waals surface area contributed by atoms with Crippen molar-refractivity contribution >= 4 is 17.9 Å². The van der Waals surface area contributed by atoms with E-state index in [0.29, 0.717) is 5.56 Å². The molecule has 0 radical (unpaired) electrons. The van der Waals surface area contributed by atoms with Crippen molar-refractivity contribution in [3.8, 4) is 0 Å². The molecular weight excluding hydrogens is 447 g/mol. The lowest BCUT2D eigenvalue weighted by Crippen LogP contribution is -2.53. The van der Waals surface area contributed by atoms with Crippen molar-refractivity contribution in [3.63, 3.8) is 0 Å². The minimum atomic E-state index is -1.90. The topological polar surface area (TPSA) is 85.2 Å². The normalized spacial score (nSPS) is 28.9. The second kappa shape index (κ2) is 10.4. The van der Waals surface area contributed by atoms with Gasteiger partial charge in [-0.1, -0.05) is 43.3 Å². The second-order valence-electron chi connectivity index (χ2n) is 8.27. The molecule has 1 saturated heterocycles. The van der Waals surface area contributed by atoms with Crippen LogP contribution in [0.2, 0.25) is 0 Å². The molecule has 4 rings (SSSR count). The predicted octanol–water partition coefficient (Wildman–Crippen LogP) is 4.16. The van der Waals surface area contributed by atoms with Gasteiger partial charge >= 0.3 is 6.16 Å². The van der Waals surface area contributed by atoms with Crippen molar-refractivity contribution in [2.45, 2.75) is 61.7 Å². The second-order valence-corrected chi connectivity index (χ2v) is 9.33. The molecular formula is C25H29FO6S. The lowest BCUT2D eigenvalue weighted by atomic mass is 9.87. The molecule has 2 aliphatic heterocycles. The number of aliphatic hydroxyl groups is 2. The van der Waals surface area contributed by atoms with E-state index in [1.807, 2.05) is 18.2 Å². The number of rotatable bonds is 6. The summed E-state index contributed by atoms with van der Waals surface area (Å²) < 4.78 is 30.0. The molecule has 2 aliphatic rings. The zero-order valence-corrected chi connectivity index (χ0v) is 19.5. The Bertz CT molecular complexity index is 968. The molecule has 0 saturated carbocycles. The van der Waals surface area contributed by atoms with Gasteiger partial charge in [0.25, 0.3) is 0 Å². The number of benzene rings is 2. The minimum absolute atomic E-state index is 0.128. The summed E-state index contributed by atoms with van der Waals surface area (Å²) in [5.74, 6) is 1.10. The van der Waals surface area contributed by atoms with Gasteiger partial charge in [0.15, 0.2) is 6.17 Å². The van der Waals surface area contributed by atoms with Crippen LogP contribution >= 0.6 is 11.8 Å². The molecule has 2 aromatic carbocycles. The first-order chi connectivity index (χ1) is 15.9. The maximum atomic E-state index is 14.6. The van der Waals surface area contributed by atoms with Gasteiger partial charge in [-0.25, -0.2) is 9.18 Å². The molecule has 33 heavy (non-hydrogen) atoms. The van der Waals surface area contributed by atoms with Crippen molar-refractivity contribution in [3.05, 3.63) is 64.7 Å². The fourth-order valence-corrected chi connectivity index (χ4v) is 5.57. The Morgan fingerprint density at radius 1 is 1.09 bits per heavy atom. The van der Waals surface area contributed by atoms with Gasteiger partial charge in [-0.05, 0) is 41.7 Å². The molecule has 1 fully saturated rings. The van der Waals surface area contributed by atoms with Gasteiger partial charge in [0, 0.05) is 16.6 Å². The first-order valence-electron chi connectivity index (χ1n) is 11.2. The number of carbonyl (C=O) groups is 1. The van der Waals surface area contributed by atoms with E-state index >= 15 is 0 Å². The largest absolute Gasteiger partial charge is 0.508 e. The predicted molar refractivity (Wildman–Crippen MR) is 122 cm³/mol. The monoisotopic (exact) mass is 476 g/mol. The maximum Gasteiger partial charge on any atom is 0.508 e. The summed E-state index contributed by atoms with van der Waals surface area (Å²) in [6.07, 6.45) is -7.15. The average Bonchev–Trinajstić information content (AvgIpc) is 3.25. The maximum absolute atomic E-state index is 14.6. The van der Waals surface area contributed by atoms with Crippen LogP contribution in [0.5, 0.6) is 0 Å². The molecule has 2 aromatic rings. The van der Waals surface area contributed by atoms with E-state index < -0.39 is 43.3 Å². The molecule has 0 aliphatic carbocycles. The molecule has 0 bridgehead atoms. The van der Waals surface area contributed by atoms with Gasteiger partial charge < -0.3 is 24.4 Å². The fraction of sp³-hybridized carbons (Fsp3) is 0.480. The van der Waals surface area contributed by atoms with Gasteiger partial charge in [-0.3, -0.25) is 0 Å². The van der Waals surface area contributed by atoms with Crippen molar-refractivity contribution in [2.75, 3.05) is 19.0 Å².